The zero-order valence-electron chi connectivity index (χ0n) is 10.6. The largest absolute Gasteiger partial charge is 0.369 e. The van der Waals surface area contributed by atoms with E-state index in [0.717, 1.165) is 6.07 Å². The second kappa shape index (κ2) is 5.59. The summed E-state index contributed by atoms with van der Waals surface area (Å²) in [6.45, 7) is 10.8. The van der Waals surface area contributed by atoms with Crippen molar-refractivity contribution in [2.75, 3.05) is 0 Å². The van der Waals surface area contributed by atoms with Crippen LogP contribution in [0.1, 0.15) is 19.7 Å². The zero-order chi connectivity index (χ0) is 13.8. The average Bonchev–Trinajstić information content (AvgIpc) is 2.84. The fourth-order valence-corrected chi connectivity index (χ4v) is 1.42. The highest BCUT2D eigenvalue weighted by atomic mass is 19.1. The minimum atomic E-state index is -0.550. The number of hydrogen-bond donors (Lipinski definition) is 0. The predicted octanol–water partition coefficient (Wildman–Crippen LogP) is 3.35. The molecular weight excluding hydrogens is 249 g/mol. The van der Waals surface area contributed by atoms with E-state index >= 15 is 0 Å². The van der Waals surface area contributed by atoms with Crippen molar-refractivity contribution >= 4 is 5.69 Å². The molecule has 98 valence electrons. The first-order valence-corrected chi connectivity index (χ1v) is 5.71. The smallest absolute Gasteiger partial charge is 0.252 e. The van der Waals surface area contributed by atoms with E-state index in [9.17, 15) is 4.39 Å². The molecule has 2 aromatic rings. The van der Waals surface area contributed by atoms with Crippen molar-refractivity contribution in [1.29, 1.82) is 0 Å². The molecule has 0 amide bonds. The third-order valence-electron chi connectivity index (χ3n) is 2.33. The highest BCUT2D eigenvalue weighted by molar-refractivity contribution is 5.60. The predicted molar refractivity (Wildman–Crippen MR) is 65.9 cm³/mol. The van der Waals surface area contributed by atoms with Gasteiger partial charge in [-0.1, -0.05) is 17.3 Å². The van der Waals surface area contributed by atoms with Crippen LogP contribution in [0.2, 0.25) is 0 Å². The average molecular weight is 261 g/mol. The summed E-state index contributed by atoms with van der Waals surface area (Å²) in [5, 5.41) is 3.70. The van der Waals surface area contributed by atoms with E-state index in [-0.39, 0.29) is 35.7 Å². The van der Waals surface area contributed by atoms with Gasteiger partial charge in [0.15, 0.2) is 5.69 Å². The van der Waals surface area contributed by atoms with Gasteiger partial charge in [-0.3, -0.25) is 0 Å². The Morgan fingerprint density at radius 2 is 2.26 bits per heavy atom. The topological polar surface area (TPSA) is 52.5 Å². The monoisotopic (exact) mass is 261 g/mol. The maximum absolute atomic E-state index is 13.7. The lowest BCUT2D eigenvalue weighted by Crippen LogP contribution is -2.02. The van der Waals surface area contributed by atoms with Crippen molar-refractivity contribution in [1.82, 2.24) is 10.1 Å². The number of benzene rings is 1. The Morgan fingerprint density at radius 1 is 1.47 bits per heavy atom. The SMILES string of the molecule is [C-]#[N+]c1ccc(-c2noc(COC(C)C)n2)c(F)c1. The minimum Gasteiger partial charge on any atom is -0.369 e. The van der Waals surface area contributed by atoms with Crippen LogP contribution in [-0.2, 0) is 11.3 Å². The van der Waals surface area contributed by atoms with Crippen molar-refractivity contribution in [3.63, 3.8) is 0 Å². The van der Waals surface area contributed by atoms with Crippen molar-refractivity contribution in [2.45, 2.75) is 26.6 Å². The van der Waals surface area contributed by atoms with Gasteiger partial charge in [0.25, 0.3) is 5.89 Å². The molecule has 0 spiro atoms. The molecule has 0 bridgehead atoms. The fraction of sp³-hybridized carbons (Fsp3) is 0.308. The molecule has 0 unspecified atom stereocenters. The van der Waals surface area contributed by atoms with Gasteiger partial charge in [-0.2, -0.15) is 4.98 Å². The Hall–Kier alpha value is -2.26. The lowest BCUT2D eigenvalue weighted by molar-refractivity contribution is 0.0485. The van der Waals surface area contributed by atoms with E-state index in [4.69, 9.17) is 15.8 Å². The van der Waals surface area contributed by atoms with E-state index in [1.54, 1.807) is 0 Å². The first kappa shape index (κ1) is 13.2. The van der Waals surface area contributed by atoms with Crippen molar-refractivity contribution < 1.29 is 13.7 Å². The summed E-state index contributed by atoms with van der Waals surface area (Å²) in [5.41, 5.74) is 0.431. The Balaban J connectivity index is 2.21. The summed E-state index contributed by atoms with van der Waals surface area (Å²) in [4.78, 5) is 7.19. The molecule has 0 aliphatic heterocycles. The molecule has 5 nitrogen and oxygen atoms in total. The fourth-order valence-electron chi connectivity index (χ4n) is 1.42. The molecule has 2 rings (SSSR count). The number of nitrogens with zero attached hydrogens (tertiary/aromatic N) is 3. The zero-order valence-corrected chi connectivity index (χ0v) is 10.6. The van der Waals surface area contributed by atoms with E-state index in [0.29, 0.717) is 0 Å². The summed E-state index contributed by atoms with van der Waals surface area (Å²) in [7, 11) is 0. The molecule has 6 heteroatoms. The van der Waals surface area contributed by atoms with Gasteiger partial charge in [-0.15, -0.1) is 0 Å². The van der Waals surface area contributed by atoms with E-state index < -0.39 is 5.82 Å². The van der Waals surface area contributed by atoms with Crippen molar-refractivity contribution in [3.05, 3.63) is 41.3 Å². The Morgan fingerprint density at radius 3 is 2.89 bits per heavy atom. The molecule has 0 atom stereocenters. The Labute approximate surface area is 109 Å². The van der Waals surface area contributed by atoms with Gasteiger partial charge in [0.2, 0.25) is 5.82 Å². The molecule has 1 aromatic carbocycles. The summed E-state index contributed by atoms with van der Waals surface area (Å²) in [5.74, 6) is -0.112. The summed E-state index contributed by atoms with van der Waals surface area (Å²) >= 11 is 0. The number of rotatable bonds is 4. The first-order valence-electron chi connectivity index (χ1n) is 5.71. The van der Waals surface area contributed by atoms with Gasteiger partial charge in [0.05, 0.1) is 18.2 Å². The van der Waals surface area contributed by atoms with Crippen LogP contribution in [-0.4, -0.2) is 16.2 Å². The Kier molecular flexibility index (Phi) is 3.88. The second-order valence-electron chi connectivity index (χ2n) is 4.15. The van der Waals surface area contributed by atoms with Crippen LogP contribution >= 0.6 is 0 Å². The third-order valence-corrected chi connectivity index (χ3v) is 2.33. The quantitative estimate of drug-likeness (QED) is 0.792. The van der Waals surface area contributed by atoms with Gasteiger partial charge >= 0.3 is 0 Å². The van der Waals surface area contributed by atoms with Gasteiger partial charge in [0.1, 0.15) is 12.4 Å². The molecular formula is C13H12FN3O2. The van der Waals surface area contributed by atoms with Gasteiger partial charge < -0.3 is 9.26 Å². The van der Waals surface area contributed by atoms with Crippen LogP contribution in [0.3, 0.4) is 0 Å². The lowest BCUT2D eigenvalue weighted by Gasteiger charge is -2.02. The van der Waals surface area contributed by atoms with Gasteiger partial charge in [-0.05, 0) is 19.9 Å². The number of ether oxygens (including phenoxy) is 1. The van der Waals surface area contributed by atoms with Crippen LogP contribution < -0.4 is 0 Å². The number of halogens is 1. The summed E-state index contributed by atoms with van der Waals surface area (Å²) < 4.78 is 24.0. The lowest BCUT2D eigenvalue weighted by atomic mass is 10.2. The molecule has 0 saturated heterocycles. The third kappa shape index (κ3) is 3.14. The molecule has 19 heavy (non-hydrogen) atoms. The number of aromatic nitrogens is 2. The molecule has 1 aromatic heterocycles. The summed E-state index contributed by atoms with van der Waals surface area (Å²) in [6, 6.07) is 4.11. The minimum absolute atomic E-state index is 0.0463. The van der Waals surface area contributed by atoms with Gasteiger partial charge in [-0.25, -0.2) is 9.24 Å². The van der Waals surface area contributed by atoms with Crippen molar-refractivity contribution in [3.8, 4) is 11.4 Å². The molecule has 0 N–H and O–H groups in total. The molecule has 0 aliphatic carbocycles. The standard InChI is InChI=1S/C13H12FN3O2/c1-8(2)18-7-12-16-13(17-19-12)10-5-4-9(15-3)6-11(10)14/h4-6,8H,7H2,1-2H3. The van der Waals surface area contributed by atoms with E-state index in [1.807, 2.05) is 13.8 Å². The van der Waals surface area contributed by atoms with Crippen LogP contribution in [0.15, 0.2) is 22.7 Å². The molecule has 0 fully saturated rings. The first-order chi connectivity index (χ1) is 9.10. The Bertz CT molecular complexity index is 617. The molecule has 0 saturated carbocycles. The highest BCUT2D eigenvalue weighted by Gasteiger charge is 2.13. The van der Waals surface area contributed by atoms with E-state index in [1.165, 1.54) is 12.1 Å². The van der Waals surface area contributed by atoms with E-state index in [2.05, 4.69) is 15.0 Å². The van der Waals surface area contributed by atoms with Gasteiger partial charge in [0, 0.05) is 0 Å². The summed E-state index contributed by atoms with van der Waals surface area (Å²) in [6.07, 6.45) is 0.0463. The maximum atomic E-state index is 13.7. The molecule has 1 heterocycles. The maximum Gasteiger partial charge on any atom is 0.252 e. The number of hydrogen-bond acceptors (Lipinski definition) is 4. The molecule has 0 radical (unpaired) electrons. The van der Waals surface area contributed by atoms with Crippen LogP contribution in [0, 0.1) is 12.4 Å². The van der Waals surface area contributed by atoms with Crippen LogP contribution in [0.4, 0.5) is 10.1 Å². The molecule has 0 aliphatic rings. The highest BCUT2D eigenvalue weighted by Crippen LogP contribution is 2.24. The van der Waals surface area contributed by atoms with Crippen LogP contribution in [0.25, 0.3) is 16.2 Å². The normalized spacial score (nSPS) is 10.7. The van der Waals surface area contributed by atoms with Crippen molar-refractivity contribution in [2.24, 2.45) is 0 Å². The second-order valence-corrected chi connectivity index (χ2v) is 4.15. The van der Waals surface area contributed by atoms with Crippen LogP contribution in [0.5, 0.6) is 0 Å².